The lowest BCUT2D eigenvalue weighted by Gasteiger charge is -2.18. The molecule has 0 radical (unpaired) electrons. The van der Waals surface area contributed by atoms with E-state index in [4.69, 9.17) is 5.11 Å². The fourth-order valence-corrected chi connectivity index (χ4v) is 1.25. The van der Waals surface area contributed by atoms with Crippen molar-refractivity contribution >= 4 is 11.9 Å². The van der Waals surface area contributed by atoms with E-state index in [1.165, 1.54) is 0 Å². The number of benzene rings is 1. The van der Waals surface area contributed by atoms with Gasteiger partial charge in [-0.05, 0) is 18.6 Å². The molecule has 0 saturated carbocycles. The van der Waals surface area contributed by atoms with Crippen LogP contribution in [-0.4, -0.2) is 34.2 Å². The predicted molar refractivity (Wildman–Crippen MR) is 61.3 cm³/mol. The van der Waals surface area contributed by atoms with Crippen LogP contribution in [0.3, 0.4) is 0 Å². The van der Waals surface area contributed by atoms with Crippen LogP contribution in [0, 0.1) is 11.6 Å². The van der Waals surface area contributed by atoms with Gasteiger partial charge in [-0.1, -0.05) is 6.07 Å². The maximum atomic E-state index is 13.2. The Balaban J connectivity index is 2.59. The SMILES string of the molecule is CC(O)(CNC(=O)Cc1ccc(F)cc1F)C(=O)O. The minimum Gasteiger partial charge on any atom is -0.479 e. The van der Waals surface area contributed by atoms with Crippen LogP contribution in [0.5, 0.6) is 0 Å². The van der Waals surface area contributed by atoms with E-state index >= 15 is 0 Å². The number of hydrogen-bond acceptors (Lipinski definition) is 3. The lowest BCUT2D eigenvalue weighted by Crippen LogP contribution is -2.46. The van der Waals surface area contributed by atoms with Crippen molar-refractivity contribution < 1.29 is 28.6 Å². The first kappa shape index (κ1) is 15.0. The van der Waals surface area contributed by atoms with Gasteiger partial charge in [-0.3, -0.25) is 4.79 Å². The van der Waals surface area contributed by atoms with Gasteiger partial charge in [0.25, 0.3) is 0 Å². The second kappa shape index (κ2) is 5.75. The number of amides is 1. The van der Waals surface area contributed by atoms with Crippen molar-refractivity contribution in [1.82, 2.24) is 5.32 Å². The number of carboxylic acids is 1. The smallest absolute Gasteiger partial charge is 0.337 e. The third-order valence-electron chi connectivity index (χ3n) is 2.46. The highest BCUT2D eigenvalue weighted by atomic mass is 19.1. The number of rotatable bonds is 5. The fourth-order valence-electron chi connectivity index (χ4n) is 1.25. The molecule has 0 spiro atoms. The molecule has 0 fully saturated rings. The van der Waals surface area contributed by atoms with Crippen LogP contribution in [0.4, 0.5) is 8.78 Å². The molecule has 3 N–H and O–H groups in total. The molecule has 0 heterocycles. The Bertz CT molecular complexity index is 503. The standard InChI is InChI=1S/C12H13F2NO4/c1-12(19,11(17)18)6-15-10(16)4-7-2-3-8(13)5-9(7)14/h2-3,5,19H,4,6H2,1H3,(H,15,16)(H,17,18). The fraction of sp³-hybridized carbons (Fsp3) is 0.333. The summed E-state index contributed by atoms with van der Waals surface area (Å²) in [6.45, 7) is 0.512. The number of carbonyl (C=O) groups excluding carboxylic acids is 1. The van der Waals surface area contributed by atoms with Crippen LogP contribution in [-0.2, 0) is 16.0 Å². The van der Waals surface area contributed by atoms with Crippen LogP contribution in [0.15, 0.2) is 18.2 Å². The highest BCUT2D eigenvalue weighted by Crippen LogP contribution is 2.10. The van der Waals surface area contributed by atoms with E-state index in [0.29, 0.717) is 6.07 Å². The van der Waals surface area contributed by atoms with Gasteiger partial charge >= 0.3 is 5.97 Å². The van der Waals surface area contributed by atoms with Gasteiger partial charge in [-0.15, -0.1) is 0 Å². The number of halogens is 2. The van der Waals surface area contributed by atoms with Crippen LogP contribution >= 0.6 is 0 Å². The Labute approximate surface area is 107 Å². The van der Waals surface area contributed by atoms with Crippen molar-refractivity contribution in [3.63, 3.8) is 0 Å². The minimum absolute atomic E-state index is 0.0196. The van der Waals surface area contributed by atoms with Crippen LogP contribution < -0.4 is 5.32 Å². The molecule has 0 aliphatic carbocycles. The highest BCUT2D eigenvalue weighted by molar-refractivity contribution is 5.81. The number of hydrogen-bond donors (Lipinski definition) is 3. The zero-order valence-electron chi connectivity index (χ0n) is 10.1. The molecule has 0 saturated heterocycles. The summed E-state index contributed by atoms with van der Waals surface area (Å²) in [6, 6.07) is 2.79. The Kier molecular flexibility index (Phi) is 4.55. The molecular weight excluding hydrogens is 260 g/mol. The van der Waals surface area contributed by atoms with E-state index in [1.807, 2.05) is 0 Å². The van der Waals surface area contributed by atoms with Crippen molar-refractivity contribution in [1.29, 1.82) is 0 Å². The largest absolute Gasteiger partial charge is 0.479 e. The number of aliphatic carboxylic acids is 1. The lowest BCUT2D eigenvalue weighted by molar-refractivity contribution is -0.156. The summed E-state index contributed by atoms with van der Waals surface area (Å²) in [4.78, 5) is 22.0. The molecule has 0 bridgehead atoms. The molecular formula is C12H13F2NO4. The monoisotopic (exact) mass is 273 g/mol. The van der Waals surface area contributed by atoms with Crippen molar-refractivity contribution in [2.24, 2.45) is 0 Å². The van der Waals surface area contributed by atoms with Crippen LogP contribution in [0.25, 0.3) is 0 Å². The summed E-state index contributed by atoms with van der Waals surface area (Å²) in [5, 5.41) is 20.1. The molecule has 1 unspecified atom stereocenters. The molecule has 104 valence electrons. The molecule has 19 heavy (non-hydrogen) atoms. The third kappa shape index (κ3) is 4.29. The van der Waals surface area contributed by atoms with E-state index in [0.717, 1.165) is 19.1 Å². The van der Waals surface area contributed by atoms with Crippen LogP contribution in [0.1, 0.15) is 12.5 Å². The highest BCUT2D eigenvalue weighted by Gasteiger charge is 2.30. The molecule has 7 heteroatoms. The van der Waals surface area contributed by atoms with Gasteiger partial charge in [0.15, 0.2) is 5.60 Å². The quantitative estimate of drug-likeness (QED) is 0.727. The number of carboxylic acid groups (broad SMARTS) is 1. The van der Waals surface area contributed by atoms with Crippen LogP contribution in [0.2, 0.25) is 0 Å². The summed E-state index contributed by atoms with van der Waals surface area (Å²) < 4.78 is 25.9. The molecule has 1 amide bonds. The Morgan fingerprint density at radius 1 is 1.37 bits per heavy atom. The maximum absolute atomic E-state index is 13.2. The van der Waals surface area contributed by atoms with Gasteiger partial charge in [-0.25, -0.2) is 13.6 Å². The summed E-state index contributed by atoms with van der Waals surface area (Å²) in [5.41, 5.74) is -2.12. The van der Waals surface area contributed by atoms with E-state index in [1.54, 1.807) is 0 Å². The molecule has 1 rings (SSSR count). The second-order valence-corrected chi connectivity index (χ2v) is 4.27. The van der Waals surface area contributed by atoms with Gasteiger partial charge < -0.3 is 15.5 Å². The summed E-state index contributed by atoms with van der Waals surface area (Å²) in [7, 11) is 0. The average molecular weight is 273 g/mol. The van der Waals surface area contributed by atoms with Gasteiger partial charge in [0.2, 0.25) is 5.91 Å². The van der Waals surface area contributed by atoms with Crippen molar-refractivity contribution in [2.45, 2.75) is 18.9 Å². The predicted octanol–water partition coefficient (Wildman–Crippen LogP) is 0.459. The zero-order valence-corrected chi connectivity index (χ0v) is 10.1. The first-order chi connectivity index (χ1) is 8.72. The summed E-state index contributed by atoms with van der Waals surface area (Å²) in [6.07, 6.45) is -0.373. The number of carbonyl (C=O) groups is 2. The molecule has 5 nitrogen and oxygen atoms in total. The van der Waals surface area contributed by atoms with E-state index in [-0.39, 0.29) is 12.0 Å². The first-order valence-corrected chi connectivity index (χ1v) is 5.39. The van der Waals surface area contributed by atoms with E-state index < -0.39 is 35.7 Å². The topological polar surface area (TPSA) is 86.6 Å². The number of nitrogens with one attached hydrogen (secondary N) is 1. The third-order valence-corrected chi connectivity index (χ3v) is 2.46. The zero-order chi connectivity index (χ0) is 14.6. The van der Waals surface area contributed by atoms with E-state index in [2.05, 4.69) is 5.32 Å². The Morgan fingerprint density at radius 3 is 2.53 bits per heavy atom. The van der Waals surface area contributed by atoms with E-state index in [9.17, 15) is 23.5 Å². The molecule has 1 aromatic rings. The van der Waals surface area contributed by atoms with Crippen molar-refractivity contribution in [3.05, 3.63) is 35.4 Å². The minimum atomic E-state index is -2.10. The Hall–Kier alpha value is -2.02. The average Bonchev–Trinajstić information content (AvgIpc) is 2.30. The van der Waals surface area contributed by atoms with Crippen molar-refractivity contribution in [3.8, 4) is 0 Å². The first-order valence-electron chi connectivity index (χ1n) is 5.39. The lowest BCUT2D eigenvalue weighted by atomic mass is 10.1. The maximum Gasteiger partial charge on any atom is 0.337 e. The number of aliphatic hydroxyl groups is 1. The van der Waals surface area contributed by atoms with Gasteiger partial charge in [-0.2, -0.15) is 0 Å². The molecule has 0 aliphatic heterocycles. The Morgan fingerprint density at radius 2 is 2.00 bits per heavy atom. The summed E-state index contributed by atoms with van der Waals surface area (Å²) in [5.74, 6) is -3.77. The van der Waals surface area contributed by atoms with Crippen molar-refractivity contribution in [2.75, 3.05) is 6.54 Å². The molecule has 0 aliphatic rings. The molecule has 1 atom stereocenters. The van der Waals surface area contributed by atoms with Gasteiger partial charge in [0.05, 0.1) is 13.0 Å². The normalized spacial score (nSPS) is 13.7. The summed E-state index contributed by atoms with van der Waals surface area (Å²) >= 11 is 0. The van der Waals surface area contributed by atoms with Gasteiger partial charge in [0, 0.05) is 6.07 Å². The van der Waals surface area contributed by atoms with Gasteiger partial charge in [0.1, 0.15) is 11.6 Å². The molecule has 0 aromatic heterocycles. The second-order valence-electron chi connectivity index (χ2n) is 4.27. The molecule has 1 aromatic carbocycles.